The van der Waals surface area contributed by atoms with Gasteiger partial charge in [0.15, 0.2) is 9.04 Å². The number of rotatable bonds is 8. The summed E-state index contributed by atoms with van der Waals surface area (Å²) in [5.74, 6) is 0. The van der Waals surface area contributed by atoms with E-state index in [9.17, 15) is 0 Å². The van der Waals surface area contributed by atoms with Gasteiger partial charge in [-0.2, -0.15) is 0 Å². The maximum atomic E-state index is 6.57. The quantitative estimate of drug-likeness (QED) is 0.322. The predicted molar refractivity (Wildman–Crippen MR) is 138 cm³/mol. The first-order valence-electron chi connectivity index (χ1n) is 11.0. The Kier molecular flexibility index (Phi) is 7.68. The Bertz CT molecular complexity index is 792. The monoisotopic (exact) mass is 435 g/mol. The SMILES string of the molecule is C[SiH](C)OC(CC[P+](c1ccccc1)(c1ccccc1)c1ccccc1)C(C)(C)C. The molecule has 0 spiro atoms. The van der Waals surface area contributed by atoms with E-state index in [2.05, 4.69) is 125 Å². The molecule has 0 bridgehead atoms. The molecule has 0 saturated heterocycles. The van der Waals surface area contributed by atoms with Gasteiger partial charge in [0.1, 0.15) is 23.2 Å². The third kappa shape index (κ3) is 5.30. The average molecular weight is 436 g/mol. The van der Waals surface area contributed by atoms with E-state index in [0.717, 1.165) is 12.6 Å². The molecule has 0 heterocycles. The zero-order valence-electron chi connectivity index (χ0n) is 19.1. The minimum absolute atomic E-state index is 0.136. The summed E-state index contributed by atoms with van der Waals surface area (Å²) in [6.07, 6.45) is 2.47. The van der Waals surface area contributed by atoms with Gasteiger partial charge in [0.25, 0.3) is 0 Å². The van der Waals surface area contributed by atoms with Gasteiger partial charge in [0, 0.05) is 6.42 Å². The Labute approximate surface area is 185 Å². The molecule has 1 unspecified atom stereocenters. The van der Waals surface area contributed by atoms with Gasteiger partial charge in [0.05, 0.1) is 12.3 Å². The molecule has 0 fully saturated rings. The highest BCUT2D eigenvalue weighted by molar-refractivity contribution is 7.95. The first-order valence-corrected chi connectivity index (χ1v) is 15.8. The van der Waals surface area contributed by atoms with Crippen LogP contribution in [0.2, 0.25) is 13.1 Å². The average Bonchev–Trinajstić information content (AvgIpc) is 2.75. The lowest BCUT2D eigenvalue weighted by Gasteiger charge is -2.35. The summed E-state index contributed by atoms with van der Waals surface area (Å²) in [6.45, 7) is 11.5. The van der Waals surface area contributed by atoms with Crippen LogP contribution in [-0.4, -0.2) is 21.3 Å². The topological polar surface area (TPSA) is 9.23 Å². The molecule has 3 rings (SSSR count). The number of hydrogen-bond acceptors (Lipinski definition) is 1. The van der Waals surface area contributed by atoms with E-state index in [1.807, 2.05) is 0 Å². The molecular weight excluding hydrogens is 399 g/mol. The molecule has 3 aromatic carbocycles. The number of benzene rings is 3. The van der Waals surface area contributed by atoms with Crippen molar-refractivity contribution in [2.45, 2.75) is 46.4 Å². The molecule has 3 aromatic rings. The standard InChI is InChI=1S/C27H36OPSi/c1-27(2,3)26(28-30(4)5)21-22-29(23-15-9-6-10-16-23,24-17-11-7-12-18-24)25-19-13-8-14-20-25/h6-20,26,30H,21-22H2,1-5H3/q+1. The Morgan fingerprint density at radius 3 is 1.37 bits per heavy atom. The van der Waals surface area contributed by atoms with Crippen molar-refractivity contribution in [3.63, 3.8) is 0 Å². The fourth-order valence-corrected chi connectivity index (χ4v) is 9.76. The van der Waals surface area contributed by atoms with Crippen LogP contribution in [0.5, 0.6) is 0 Å². The largest absolute Gasteiger partial charge is 0.417 e. The Morgan fingerprint density at radius 2 is 1.07 bits per heavy atom. The summed E-state index contributed by atoms with van der Waals surface area (Å²) < 4.78 is 6.57. The smallest absolute Gasteiger partial charge is 0.171 e. The fourth-order valence-electron chi connectivity index (χ4n) is 4.23. The van der Waals surface area contributed by atoms with Crippen LogP contribution in [0.1, 0.15) is 27.2 Å². The van der Waals surface area contributed by atoms with Crippen molar-refractivity contribution in [1.82, 2.24) is 0 Å². The minimum Gasteiger partial charge on any atom is -0.417 e. The molecule has 0 aromatic heterocycles. The van der Waals surface area contributed by atoms with Gasteiger partial charge in [-0.05, 0) is 54.9 Å². The second-order valence-corrected chi connectivity index (χ2v) is 15.4. The molecule has 0 saturated carbocycles. The van der Waals surface area contributed by atoms with Crippen LogP contribution in [0.3, 0.4) is 0 Å². The van der Waals surface area contributed by atoms with Crippen molar-refractivity contribution in [3.8, 4) is 0 Å². The summed E-state index contributed by atoms with van der Waals surface area (Å²) in [5, 5.41) is 4.37. The van der Waals surface area contributed by atoms with Crippen LogP contribution < -0.4 is 15.9 Å². The zero-order valence-corrected chi connectivity index (χ0v) is 21.1. The van der Waals surface area contributed by atoms with Crippen LogP contribution in [-0.2, 0) is 4.43 Å². The van der Waals surface area contributed by atoms with Crippen LogP contribution in [0.25, 0.3) is 0 Å². The molecule has 3 heteroatoms. The van der Waals surface area contributed by atoms with E-state index in [1.165, 1.54) is 15.9 Å². The highest BCUT2D eigenvalue weighted by Gasteiger charge is 2.46. The minimum atomic E-state index is -1.78. The molecule has 1 nitrogen and oxygen atoms in total. The van der Waals surface area contributed by atoms with Crippen molar-refractivity contribution in [3.05, 3.63) is 91.0 Å². The van der Waals surface area contributed by atoms with Gasteiger partial charge in [-0.3, -0.25) is 0 Å². The van der Waals surface area contributed by atoms with E-state index in [1.54, 1.807) is 0 Å². The normalized spacial score (nSPS) is 13.4. The van der Waals surface area contributed by atoms with Gasteiger partial charge in [-0.25, -0.2) is 0 Å². The van der Waals surface area contributed by atoms with Gasteiger partial charge in [-0.1, -0.05) is 75.4 Å². The van der Waals surface area contributed by atoms with Crippen molar-refractivity contribution in [2.24, 2.45) is 5.41 Å². The molecule has 0 aliphatic rings. The first kappa shape index (κ1) is 22.9. The summed E-state index contributed by atoms with van der Waals surface area (Å²) in [5.41, 5.74) is 0.136. The first-order chi connectivity index (χ1) is 14.3. The number of hydrogen-bond donors (Lipinski definition) is 0. The van der Waals surface area contributed by atoms with Crippen molar-refractivity contribution in [1.29, 1.82) is 0 Å². The summed E-state index contributed by atoms with van der Waals surface area (Å²) in [7, 11) is -2.91. The zero-order chi connectivity index (χ0) is 21.6. The molecule has 158 valence electrons. The lowest BCUT2D eigenvalue weighted by atomic mass is 9.88. The highest BCUT2D eigenvalue weighted by atomic mass is 31.2. The molecule has 30 heavy (non-hydrogen) atoms. The van der Waals surface area contributed by atoms with E-state index < -0.39 is 16.3 Å². The molecular formula is C27H36OPSi+. The van der Waals surface area contributed by atoms with Crippen LogP contribution >= 0.6 is 7.26 Å². The Balaban J connectivity index is 2.14. The molecule has 0 N–H and O–H groups in total. The maximum absolute atomic E-state index is 6.57. The molecule has 0 amide bonds. The Hall–Kier alpha value is -1.73. The fraction of sp³-hybridized carbons (Fsp3) is 0.333. The van der Waals surface area contributed by atoms with E-state index in [0.29, 0.717) is 0 Å². The third-order valence-electron chi connectivity index (χ3n) is 5.72. The third-order valence-corrected chi connectivity index (χ3v) is 11.1. The second-order valence-electron chi connectivity index (χ2n) is 9.37. The molecule has 1 atom stereocenters. The van der Waals surface area contributed by atoms with Crippen molar-refractivity contribution >= 4 is 32.2 Å². The predicted octanol–water partition coefficient (Wildman–Crippen LogP) is 5.79. The van der Waals surface area contributed by atoms with Gasteiger partial charge in [0.2, 0.25) is 0 Å². The van der Waals surface area contributed by atoms with Gasteiger partial charge >= 0.3 is 0 Å². The highest BCUT2D eigenvalue weighted by Crippen LogP contribution is 2.56. The second kappa shape index (κ2) is 10.0. The summed E-state index contributed by atoms with van der Waals surface area (Å²) >= 11 is 0. The summed E-state index contributed by atoms with van der Waals surface area (Å²) in [4.78, 5) is 0. The van der Waals surface area contributed by atoms with Crippen molar-refractivity contribution in [2.75, 3.05) is 6.16 Å². The molecule has 0 aliphatic heterocycles. The molecule has 0 radical (unpaired) electrons. The van der Waals surface area contributed by atoms with E-state index >= 15 is 0 Å². The van der Waals surface area contributed by atoms with Gasteiger partial charge < -0.3 is 4.43 Å². The van der Waals surface area contributed by atoms with E-state index in [4.69, 9.17) is 4.43 Å². The Morgan fingerprint density at radius 1 is 0.700 bits per heavy atom. The summed E-state index contributed by atoms with van der Waals surface area (Å²) in [6, 6.07) is 33.5. The lowest BCUT2D eigenvalue weighted by molar-refractivity contribution is 0.0839. The maximum Gasteiger partial charge on any atom is 0.171 e. The van der Waals surface area contributed by atoms with E-state index in [-0.39, 0.29) is 11.5 Å². The lowest BCUT2D eigenvalue weighted by Crippen LogP contribution is -2.38. The van der Waals surface area contributed by atoms with Crippen LogP contribution in [0.15, 0.2) is 91.0 Å². The van der Waals surface area contributed by atoms with Crippen LogP contribution in [0.4, 0.5) is 0 Å². The van der Waals surface area contributed by atoms with Crippen molar-refractivity contribution < 1.29 is 4.43 Å². The molecule has 0 aliphatic carbocycles. The van der Waals surface area contributed by atoms with Gasteiger partial charge in [-0.15, -0.1) is 0 Å². The van der Waals surface area contributed by atoms with Crippen LogP contribution in [0, 0.1) is 5.41 Å².